The van der Waals surface area contributed by atoms with Crippen LogP contribution in [-0.2, 0) is 16.1 Å². The van der Waals surface area contributed by atoms with Gasteiger partial charge in [0.05, 0.1) is 5.51 Å². The van der Waals surface area contributed by atoms with Gasteiger partial charge in [-0.15, -0.1) is 11.3 Å². The highest BCUT2D eigenvalue weighted by Gasteiger charge is 2.42. The van der Waals surface area contributed by atoms with Gasteiger partial charge in [-0.2, -0.15) is 26.3 Å². The lowest BCUT2D eigenvalue weighted by atomic mass is 10.0. The van der Waals surface area contributed by atoms with Gasteiger partial charge in [0, 0.05) is 50.5 Å². The summed E-state index contributed by atoms with van der Waals surface area (Å²) in [6.45, 7) is 4.83. The molecule has 2 aromatic rings. The zero-order valence-electron chi connectivity index (χ0n) is 18.2. The summed E-state index contributed by atoms with van der Waals surface area (Å²) in [7, 11) is 0. The molecule has 0 aromatic carbocycles. The normalized spacial score (nSPS) is 19.4. The number of aliphatic carboxylic acids is 2. The second-order valence-corrected chi connectivity index (χ2v) is 8.48. The monoisotopic (exact) mass is 542 g/mol. The minimum Gasteiger partial charge on any atom is -0.475 e. The van der Waals surface area contributed by atoms with E-state index in [-0.39, 0.29) is 5.91 Å². The maximum atomic E-state index is 12.4. The number of amides is 1. The van der Waals surface area contributed by atoms with Crippen molar-refractivity contribution in [1.29, 1.82) is 0 Å². The Morgan fingerprint density at radius 2 is 1.50 bits per heavy atom. The minimum atomic E-state index is -5.08. The Morgan fingerprint density at radius 1 is 0.972 bits per heavy atom. The number of hydrogen-bond donors (Lipinski definition) is 2. The lowest BCUT2D eigenvalue weighted by molar-refractivity contribution is -0.193. The molecule has 0 radical (unpaired) electrons. The van der Waals surface area contributed by atoms with Gasteiger partial charge < -0.3 is 15.1 Å². The third-order valence-corrected chi connectivity index (χ3v) is 5.70. The van der Waals surface area contributed by atoms with Gasteiger partial charge in [0.1, 0.15) is 5.69 Å². The summed E-state index contributed by atoms with van der Waals surface area (Å²) in [5.41, 5.74) is 3.58. The van der Waals surface area contributed by atoms with E-state index in [4.69, 9.17) is 19.8 Å². The summed E-state index contributed by atoms with van der Waals surface area (Å²) < 4.78 is 63.5. The summed E-state index contributed by atoms with van der Waals surface area (Å²) >= 11 is 1.48. The maximum absolute atomic E-state index is 12.4. The van der Waals surface area contributed by atoms with Crippen LogP contribution in [0.25, 0.3) is 0 Å². The quantitative estimate of drug-likeness (QED) is 0.568. The first-order valence-corrected chi connectivity index (χ1v) is 11.0. The van der Waals surface area contributed by atoms with Gasteiger partial charge >= 0.3 is 24.3 Å². The van der Waals surface area contributed by atoms with Crippen LogP contribution in [0.1, 0.15) is 16.1 Å². The molecule has 1 amide bonds. The number of fused-ring (bicyclic) bond motifs is 1. The van der Waals surface area contributed by atoms with Crippen molar-refractivity contribution in [3.8, 4) is 0 Å². The number of halogens is 6. The summed E-state index contributed by atoms with van der Waals surface area (Å²) in [5, 5.41) is 16.1. The summed E-state index contributed by atoms with van der Waals surface area (Å²) in [6.07, 6.45) is -6.42. The smallest absolute Gasteiger partial charge is 0.475 e. The molecule has 2 aliphatic heterocycles. The van der Waals surface area contributed by atoms with E-state index in [9.17, 15) is 31.1 Å². The molecule has 4 rings (SSSR count). The Hall–Kier alpha value is -3.27. The zero-order chi connectivity index (χ0) is 27.1. The third-order valence-electron chi connectivity index (χ3n) is 5.11. The number of carboxylic acids is 2. The molecule has 2 atom stereocenters. The molecule has 0 spiro atoms. The van der Waals surface area contributed by atoms with Crippen molar-refractivity contribution in [1.82, 2.24) is 19.8 Å². The van der Waals surface area contributed by atoms with E-state index < -0.39 is 24.3 Å². The number of pyridine rings is 1. The van der Waals surface area contributed by atoms with E-state index >= 15 is 0 Å². The third kappa shape index (κ3) is 8.75. The Bertz CT molecular complexity index is 982. The van der Waals surface area contributed by atoms with E-state index in [1.54, 1.807) is 5.51 Å². The molecule has 0 aliphatic carbocycles. The average Bonchev–Trinajstić information content (AvgIpc) is 3.50. The highest BCUT2D eigenvalue weighted by atomic mass is 32.1. The fraction of sp³-hybridized carbons (Fsp3) is 0.450. The van der Waals surface area contributed by atoms with E-state index in [0.717, 1.165) is 32.7 Å². The van der Waals surface area contributed by atoms with Crippen LogP contribution < -0.4 is 0 Å². The molecule has 2 saturated heterocycles. The summed E-state index contributed by atoms with van der Waals surface area (Å²) in [6, 6.07) is 4.11. The van der Waals surface area contributed by atoms with E-state index in [1.165, 1.54) is 16.9 Å². The minimum absolute atomic E-state index is 0.0921. The second-order valence-electron chi connectivity index (χ2n) is 7.77. The topological polar surface area (TPSA) is 124 Å². The zero-order valence-corrected chi connectivity index (χ0v) is 19.1. The number of aromatic nitrogens is 2. The molecule has 2 aliphatic rings. The number of thiazole rings is 1. The number of nitrogens with zero attached hydrogens (tertiary/aromatic N) is 4. The first-order valence-electron chi connectivity index (χ1n) is 10.1. The molecule has 198 valence electrons. The Morgan fingerprint density at radius 3 is 1.89 bits per heavy atom. The number of rotatable bonds is 3. The standard InChI is InChI=1S/C16H18N4OS.2C2HF3O2/c21-16(15-10-22-11-18-15)20-8-13-6-19(7-14(13)9-20)5-12-2-1-3-17-4-12;2*3-2(4,5)1(6)7/h1-4,10-11,13-14H,5-9H2;2*(H,6,7). The van der Waals surface area contributed by atoms with Crippen LogP contribution in [0.4, 0.5) is 26.3 Å². The molecular formula is C20H20F6N4O5S. The Kier molecular flexibility index (Phi) is 9.75. The average molecular weight is 542 g/mol. The number of alkyl halides is 6. The van der Waals surface area contributed by atoms with Gasteiger partial charge in [-0.3, -0.25) is 14.7 Å². The van der Waals surface area contributed by atoms with Crippen LogP contribution in [0.15, 0.2) is 35.4 Å². The van der Waals surface area contributed by atoms with Gasteiger partial charge in [-0.1, -0.05) is 6.07 Å². The van der Waals surface area contributed by atoms with Crippen molar-refractivity contribution in [3.05, 3.63) is 46.7 Å². The molecule has 0 saturated carbocycles. The van der Waals surface area contributed by atoms with E-state index in [1.807, 2.05) is 28.7 Å². The van der Waals surface area contributed by atoms with Crippen LogP contribution >= 0.6 is 11.3 Å². The SMILES string of the molecule is O=C(O)C(F)(F)F.O=C(O)C(F)(F)F.O=C(c1cscn1)N1CC2CN(Cc3cccnc3)CC2C1. The Balaban J connectivity index is 0.000000271. The van der Waals surface area contributed by atoms with Gasteiger partial charge in [-0.25, -0.2) is 14.6 Å². The number of carbonyl (C=O) groups excluding carboxylic acids is 1. The lowest BCUT2D eigenvalue weighted by Crippen LogP contribution is -2.33. The van der Waals surface area contributed by atoms with Crippen LogP contribution in [0.3, 0.4) is 0 Å². The number of carboxylic acid groups (broad SMARTS) is 2. The van der Waals surface area contributed by atoms with Gasteiger partial charge in [0.2, 0.25) is 0 Å². The van der Waals surface area contributed by atoms with Crippen molar-refractivity contribution >= 4 is 29.2 Å². The van der Waals surface area contributed by atoms with Crippen molar-refractivity contribution in [2.45, 2.75) is 18.9 Å². The van der Waals surface area contributed by atoms with Crippen molar-refractivity contribution < 1.29 is 50.9 Å². The Labute approximate surface area is 204 Å². The lowest BCUT2D eigenvalue weighted by Gasteiger charge is -2.21. The molecule has 2 unspecified atom stereocenters. The van der Waals surface area contributed by atoms with Gasteiger partial charge in [0.25, 0.3) is 5.91 Å². The first kappa shape index (κ1) is 29.0. The van der Waals surface area contributed by atoms with Crippen LogP contribution in [0.5, 0.6) is 0 Å². The van der Waals surface area contributed by atoms with Crippen molar-refractivity contribution in [3.63, 3.8) is 0 Å². The molecule has 2 N–H and O–H groups in total. The number of hydrogen-bond acceptors (Lipinski definition) is 7. The molecule has 4 heterocycles. The highest BCUT2D eigenvalue weighted by molar-refractivity contribution is 7.07. The molecule has 36 heavy (non-hydrogen) atoms. The summed E-state index contributed by atoms with van der Waals surface area (Å²) in [5.74, 6) is -4.23. The second kappa shape index (κ2) is 12.1. The largest absolute Gasteiger partial charge is 0.490 e. The molecule has 16 heteroatoms. The van der Waals surface area contributed by atoms with E-state index in [2.05, 4.69) is 20.9 Å². The maximum Gasteiger partial charge on any atom is 0.490 e. The van der Waals surface area contributed by atoms with Crippen molar-refractivity contribution in [2.24, 2.45) is 11.8 Å². The number of carbonyl (C=O) groups is 3. The van der Waals surface area contributed by atoms with Gasteiger partial charge in [-0.05, 0) is 23.5 Å². The van der Waals surface area contributed by atoms with Crippen LogP contribution in [-0.4, -0.2) is 86.4 Å². The molecule has 2 aromatic heterocycles. The fourth-order valence-corrected chi connectivity index (χ4v) is 4.14. The van der Waals surface area contributed by atoms with Crippen molar-refractivity contribution in [2.75, 3.05) is 26.2 Å². The highest BCUT2D eigenvalue weighted by Crippen LogP contribution is 2.32. The van der Waals surface area contributed by atoms with E-state index in [0.29, 0.717) is 17.5 Å². The van der Waals surface area contributed by atoms with Crippen LogP contribution in [0, 0.1) is 11.8 Å². The predicted molar refractivity (Wildman–Crippen MR) is 112 cm³/mol. The molecule has 9 nitrogen and oxygen atoms in total. The molecular weight excluding hydrogens is 522 g/mol. The van der Waals surface area contributed by atoms with Gasteiger partial charge in [0.15, 0.2) is 0 Å². The fourth-order valence-electron chi connectivity index (χ4n) is 3.62. The molecule has 0 bridgehead atoms. The predicted octanol–water partition coefficient (Wildman–Crippen LogP) is 3.01. The summed E-state index contributed by atoms with van der Waals surface area (Å²) in [4.78, 5) is 42.9. The first-order chi connectivity index (χ1) is 16.7. The molecule has 2 fully saturated rings. The number of likely N-dealkylation sites (tertiary alicyclic amines) is 2. The van der Waals surface area contributed by atoms with Crippen LogP contribution in [0.2, 0.25) is 0 Å².